The number of nitrogens with one attached hydrogen (secondary N) is 1. The number of thiophene rings is 1. The second-order valence-electron chi connectivity index (χ2n) is 3.88. The van der Waals surface area contributed by atoms with E-state index in [1.165, 1.54) is 10.4 Å². The molecule has 0 fully saturated rings. The number of ether oxygens (including phenoxy) is 1. The Morgan fingerprint density at radius 3 is 2.89 bits per heavy atom. The molecule has 18 heavy (non-hydrogen) atoms. The molecule has 1 heterocycles. The van der Waals surface area contributed by atoms with Gasteiger partial charge in [-0.3, -0.25) is 0 Å². The Labute approximate surface area is 117 Å². The molecule has 0 bridgehead atoms. The van der Waals surface area contributed by atoms with Crippen molar-refractivity contribution in [3.63, 3.8) is 0 Å². The molecule has 0 aliphatic heterocycles. The Bertz CT molecular complexity index is 498. The molecule has 2 aromatic rings. The summed E-state index contributed by atoms with van der Waals surface area (Å²) in [6.07, 6.45) is 0. The standard InChI is InChI=1S/C14H16ClNOS/c1-2-17-9-11-5-3-4-6-14(11)16-8-13-7-12(15)10-18-13/h3-7,10,16H,2,8-9H2,1H3. The normalized spacial score (nSPS) is 10.6. The van der Waals surface area contributed by atoms with Crippen molar-refractivity contribution in [3.05, 3.63) is 51.2 Å². The van der Waals surface area contributed by atoms with Crippen LogP contribution in [0.2, 0.25) is 5.02 Å². The van der Waals surface area contributed by atoms with Crippen LogP contribution in [0.1, 0.15) is 17.4 Å². The van der Waals surface area contributed by atoms with Gasteiger partial charge in [-0.15, -0.1) is 11.3 Å². The lowest BCUT2D eigenvalue weighted by Crippen LogP contribution is -2.02. The quantitative estimate of drug-likeness (QED) is 0.839. The Kier molecular flexibility index (Phi) is 5.05. The van der Waals surface area contributed by atoms with Gasteiger partial charge in [0, 0.05) is 34.7 Å². The van der Waals surface area contributed by atoms with Crippen LogP contribution < -0.4 is 5.32 Å². The van der Waals surface area contributed by atoms with Crippen molar-refractivity contribution in [1.82, 2.24) is 0 Å². The molecular weight excluding hydrogens is 266 g/mol. The molecular formula is C14H16ClNOS. The molecule has 2 rings (SSSR count). The Morgan fingerprint density at radius 1 is 1.33 bits per heavy atom. The van der Waals surface area contributed by atoms with Crippen LogP contribution in [0.3, 0.4) is 0 Å². The third-order valence-electron chi connectivity index (χ3n) is 2.55. The van der Waals surface area contributed by atoms with Crippen LogP contribution in [0, 0.1) is 0 Å². The number of anilines is 1. The minimum absolute atomic E-state index is 0.644. The van der Waals surface area contributed by atoms with Crippen LogP contribution in [0.25, 0.3) is 0 Å². The van der Waals surface area contributed by atoms with Crippen LogP contribution in [0.5, 0.6) is 0 Å². The van der Waals surface area contributed by atoms with E-state index >= 15 is 0 Å². The number of rotatable bonds is 6. The lowest BCUT2D eigenvalue weighted by Gasteiger charge is -2.11. The Hall–Kier alpha value is -1.03. The topological polar surface area (TPSA) is 21.3 Å². The summed E-state index contributed by atoms with van der Waals surface area (Å²) < 4.78 is 5.46. The fourth-order valence-electron chi connectivity index (χ4n) is 1.66. The van der Waals surface area contributed by atoms with Gasteiger partial charge in [-0.25, -0.2) is 0 Å². The van der Waals surface area contributed by atoms with Crippen molar-refractivity contribution in [3.8, 4) is 0 Å². The number of para-hydroxylation sites is 1. The molecule has 0 spiro atoms. The van der Waals surface area contributed by atoms with Gasteiger partial charge in [0.15, 0.2) is 0 Å². The number of benzene rings is 1. The molecule has 4 heteroatoms. The highest BCUT2D eigenvalue weighted by Gasteiger charge is 2.02. The van der Waals surface area contributed by atoms with Crippen LogP contribution in [-0.4, -0.2) is 6.61 Å². The molecule has 1 aromatic heterocycles. The third kappa shape index (κ3) is 3.73. The third-order valence-corrected chi connectivity index (χ3v) is 3.84. The number of hydrogen-bond acceptors (Lipinski definition) is 3. The molecule has 0 saturated carbocycles. The zero-order chi connectivity index (χ0) is 12.8. The minimum atomic E-state index is 0.644. The predicted octanol–water partition coefficient (Wildman–Crippen LogP) is 4.55. The maximum Gasteiger partial charge on any atom is 0.0736 e. The molecule has 0 saturated heterocycles. The summed E-state index contributed by atoms with van der Waals surface area (Å²) in [6, 6.07) is 10.2. The summed E-state index contributed by atoms with van der Waals surface area (Å²) >= 11 is 7.57. The van der Waals surface area contributed by atoms with E-state index in [9.17, 15) is 0 Å². The molecule has 0 aliphatic rings. The zero-order valence-corrected chi connectivity index (χ0v) is 11.9. The van der Waals surface area contributed by atoms with Gasteiger partial charge in [0.25, 0.3) is 0 Å². The van der Waals surface area contributed by atoms with E-state index in [0.717, 1.165) is 23.9 Å². The first-order valence-electron chi connectivity index (χ1n) is 5.92. The van der Waals surface area contributed by atoms with E-state index in [4.69, 9.17) is 16.3 Å². The molecule has 1 N–H and O–H groups in total. The Balaban J connectivity index is 1.99. The average Bonchev–Trinajstić information content (AvgIpc) is 2.81. The largest absolute Gasteiger partial charge is 0.380 e. The Morgan fingerprint density at radius 2 is 2.17 bits per heavy atom. The van der Waals surface area contributed by atoms with Gasteiger partial charge in [-0.2, -0.15) is 0 Å². The van der Waals surface area contributed by atoms with Gasteiger partial charge in [-0.1, -0.05) is 29.8 Å². The van der Waals surface area contributed by atoms with Crippen molar-refractivity contribution < 1.29 is 4.74 Å². The van der Waals surface area contributed by atoms with E-state index in [0.29, 0.717) is 6.61 Å². The number of halogens is 1. The minimum Gasteiger partial charge on any atom is -0.380 e. The van der Waals surface area contributed by atoms with E-state index in [2.05, 4.69) is 17.4 Å². The van der Waals surface area contributed by atoms with E-state index in [1.54, 1.807) is 11.3 Å². The highest BCUT2D eigenvalue weighted by Crippen LogP contribution is 2.22. The van der Waals surface area contributed by atoms with Gasteiger partial charge in [-0.05, 0) is 19.1 Å². The van der Waals surface area contributed by atoms with Crippen LogP contribution >= 0.6 is 22.9 Å². The van der Waals surface area contributed by atoms with Gasteiger partial charge >= 0.3 is 0 Å². The van der Waals surface area contributed by atoms with Crippen molar-refractivity contribution >= 4 is 28.6 Å². The second-order valence-corrected chi connectivity index (χ2v) is 5.31. The number of hydrogen-bond donors (Lipinski definition) is 1. The summed E-state index contributed by atoms with van der Waals surface area (Å²) in [5.74, 6) is 0. The fraction of sp³-hybridized carbons (Fsp3) is 0.286. The van der Waals surface area contributed by atoms with Gasteiger partial charge in [0.05, 0.1) is 11.6 Å². The predicted molar refractivity (Wildman–Crippen MR) is 78.4 cm³/mol. The molecule has 0 radical (unpaired) electrons. The summed E-state index contributed by atoms with van der Waals surface area (Å²) in [5, 5.41) is 6.18. The lowest BCUT2D eigenvalue weighted by molar-refractivity contribution is 0.134. The van der Waals surface area contributed by atoms with Crippen LogP contribution in [0.15, 0.2) is 35.7 Å². The first-order chi connectivity index (χ1) is 8.79. The molecule has 0 amide bonds. The van der Waals surface area contributed by atoms with Gasteiger partial charge in [0.1, 0.15) is 0 Å². The van der Waals surface area contributed by atoms with E-state index in [1.807, 2.05) is 30.5 Å². The van der Waals surface area contributed by atoms with Crippen molar-refractivity contribution in [2.45, 2.75) is 20.1 Å². The average molecular weight is 282 g/mol. The first-order valence-corrected chi connectivity index (χ1v) is 7.17. The van der Waals surface area contributed by atoms with E-state index in [-0.39, 0.29) is 0 Å². The summed E-state index contributed by atoms with van der Waals surface area (Å²) in [5.41, 5.74) is 2.30. The zero-order valence-electron chi connectivity index (χ0n) is 10.3. The van der Waals surface area contributed by atoms with Crippen LogP contribution in [-0.2, 0) is 17.9 Å². The second kappa shape index (κ2) is 6.78. The molecule has 0 aliphatic carbocycles. The van der Waals surface area contributed by atoms with Gasteiger partial charge < -0.3 is 10.1 Å². The van der Waals surface area contributed by atoms with Crippen LogP contribution in [0.4, 0.5) is 5.69 Å². The summed E-state index contributed by atoms with van der Waals surface area (Å²) in [6.45, 7) is 4.17. The maximum atomic E-state index is 5.90. The lowest BCUT2D eigenvalue weighted by atomic mass is 10.2. The molecule has 2 nitrogen and oxygen atoms in total. The summed E-state index contributed by atoms with van der Waals surface area (Å²) in [4.78, 5) is 1.23. The highest BCUT2D eigenvalue weighted by molar-refractivity contribution is 7.10. The van der Waals surface area contributed by atoms with E-state index < -0.39 is 0 Å². The maximum absolute atomic E-state index is 5.90. The summed E-state index contributed by atoms with van der Waals surface area (Å²) in [7, 11) is 0. The highest BCUT2D eigenvalue weighted by atomic mass is 35.5. The monoisotopic (exact) mass is 281 g/mol. The molecule has 1 aromatic carbocycles. The smallest absolute Gasteiger partial charge is 0.0736 e. The fourth-order valence-corrected chi connectivity index (χ4v) is 2.67. The van der Waals surface area contributed by atoms with Crippen molar-refractivity contribution in [2.75, 3.05) is 11.9 Å². The molecule has 0 unspecified atom stereocenters. The molecule has 96 valence electrons. The van der Waals surface area contributed by atoms with Crippen molar-refractivity contribution in [2.24, 2.45) is 0 Å². The van der Waals surface area contributed by atoms with Gasteiger partial charge in [0.2, 0.25) is 0 Å². The molecule has 0 atom stereocenters. The SMILES string of the molecule is CCOCc1ccccc1NCc1cc(Cl)cs1. The first kappa shape index (κ1) is 13.4. The van der Waals surface area contributed by atoms with Crippen molar-refractivity contribution in [1.29, 1.82) is 0 Å².